The summed E-state index contributed by atoms with van der Waals surface area (Å²) in [4.78, 5) is 0. The van der Waals surface area contributed by atoms with Crippen LogP contribution < -0.4 is 4.74 Å². The van der Waals surface area contributed by atoms with Crippen LogP contribution in [0, 0.1) is 12.3 Å². The third kappa shape index (κ3) is 3.03. The number of halogens is 1. The largest absolute Gasteiger partial charge is 0.473 e. The third-order valence-electron chi connectivity index (χ3n) is 2.32. The van der Waals surface area contributed by atoms with Gasteiger partial charge in [0.1, 0.15) is 5.75 Å². The van der Waals surface area contributed by atoms with E-state index in [9.17, 15) is 0 Å². The van der Waals surface area contributed by atoms with Crippen LogP contribution in [0.25, 0.3) is 0 Å². The quantitative estimate of drug-likeness (QED) is 0.737. The number of para-hydroxylation sites is 1. The summed E-state index contributed by atoms with van der Waals surface area (Å²) in [5.41, 5.74) is 0.917. The SMILES string of the molecule is C#CC(Oc1ccccc1)c1ccc(Cl)cc1. The smallest absolute Gasteiger partial charge is 0.184 e. The summed E-state index contributed by atoms with van der Waals surface area (Å²) in [6.07, 6.45) is 5.09. The molecule has 0 saturated heterocycles. The number of terminal acetylenes is 1. The van der Waals surface area contributed by atoms with Gasteiger partial charge in [-0.05, 0) is 24.3 Å². The van der Waals surface area contributed by atoms with E-state index in [0.717, 1.165) is 11.3 Å². The molecule has 0 aliphatic rings. The second-order valence-corrected chi connectivity index (χ2v) is 3.97. The van der Waals surface area contributed by atoms with Gasteiger partial charge < -0.3 is 4.74 Å². The van der Waals surface area contributed by atoms with Crippen LogP contribution in [0.2, 0.25) is 5.02 Å². The van der Waals surface area contributed by atoms with Gasteiger partial charge in [-0.3, -0.25) is 0 Å². The molecule has 0 aliphatic carbocycles. The van der Waals surface area contributed by atoms with Crippen molar-refractivity contribution in [1.82, 2.24) is 0 Å². The second kappa shape index (κ2) is 5.43. The van der Waals surface area contributed by atoms with Gasteiger partial charge >= 0.3 is 0 Å². The monoisotopic (exact) mass is 242 g/mol. The molecule has 0 bridgehead atoms. The molecule has 2 heteroatoms. The lowest BCUT2D eigenvalue weighted by Crippen LogP contribution is -2.04. The number of hydrogen-bond donors (Lipinski definition) is 0. The molecule has 1 nitrogen and oxygen atoms in total. The van der Waals surface area contributed by atoms with E-state index in [1.807, 2.05) is 42.5 Å². The molecule has 0 saturated carbocycles. The van der Waals surface area contributed by atoms with Crippen molar-refractivity contribution >= 4 is 11.6 Å². The maximum Gasteiger partial charge on any atom is 0.184 e. The van der Waals surface area contributed by atoms with E-state index in [1.165, 1.54) is 0 Å². The van der Waals surface area contributed by atoms with E-state index >= 15 is 0 Å². The van der Waals surface area contributed by atoms with Crippen molar-refractivity contribution in [2.75, 3.05) is 0 Å². The highest BCUT2D eigenvalue weighted by Gasteiger charge is 2.09. The lowest BCUT2D eigenvalue weighted by molar-refractivity contribution is 0.265. The Hall–Kier alpha value is -1.91. The molecule has 0 aromatic heterocycles. The molecule has 1 atom stereocenters. The van der Waals surface area contributed by atoms with Gasteiger partial charge in [-0.15, -0.1) is 6.42 Å². The number of hydrogen-bond acceptors (Lipinski definition) is 1. The van der Waals surface area contributed by atoms with E-state index in [2.05, 4.69) is 5.92 Å². The number of benzene rings is 2. The van der Waals surface area contributed by atoms with Crippen LogP contribution in [0.3, 0.4) is 0 Å². The Morgan fingerprint density at radius 1 is 1.00 bits per heavy atom. The molecule has 0 aliphatic heterocycles. The summed E-state index contributed by atoms with van der Waals surface area (Å²) < 4.78 is 5.71. The summed E-state index contributed by atoms with van der Waals surface area (Å²) >= 11 is 5.83. The first-order valence-electron chi connectivity index (χ1n) is 5.23. The predicted octanol–water partition coefficient (Wildman–Crippen LogP) is 4.09. The lowest BCUT2D eigenvalue weighted by atomic mass is 10.1. The molecule has 0 amide bonds. The van der Waals surface area contributed by atoms with Gasteiger partial charge in [0.2, 0.25) is 0 Å². The summed E-state index contributed by atoms with van der Waals surface area (Å²) in [5.74, 6) is 3.38. The molecule has 1 unspecified atom stereocenters. The standard InChI is InChI=1S/C15H11ClO/c1-2-15(12-8-10-13(16)11-9-12)17-14-6-4-3-5-7-14/h1,3-11,15H. The van der Waals surface area contributed by atoms with E-state index < -0.39 is 6.10 Å². The summed E-state index contributed by atoms with van der Waals surface area (Å²) in [6.45, 7) is 0. The zero-order valence-electron chi connectivity index (χ0n) is 9.14. The maximum atomic E-state index is 5.83. The van der Waals surface area contributed by atoms with Crippen molar-refractivity contribution in [2.24, 2.45) is 0 Å². The van der Waals surface area contributed by atoms with Crippen LogP contribution in [-0.2, 0) is 0 Å². The van der Waals surface area contributed by atoms with E-state index in [-0.39, 0.29) is 0 Å². The van der Waals surface area contributed by atoms with E-state index in [1.54, 1.807) is 12.1 Å². The van der Waals surface area contributed by atoms with Crippen LogP contribution in [0.15, 0.2) is 54.6 Å². The number of rotatable bonds is 3. The average molecular weight is 243 g/mol. The van der Waals surface area contributed by atoms with Gasteiger partial charge in [0.25, 0.3) is 0 Å². The Bertz CT molecular complexity index is 511. The average Bonchev–Trinajstić information content (AvgIpc) is 2.38. The third-order valence-corrected chi connectivity index (χ3v) is 2.57. The van der Waals surface area contributed by atoms with Crippen molar-refractivity contribution in [2.45, 2.75) is 6.10 Å². The molecule has 0 N–H and O–H groups in total. The maximum absolute atomic E-state index is 5.83. The summed E-state index contributed by atoms with van der Waals surface area (Å²) in [6, 6.07) is 16.8. The topological polar surface area (TPSA) is 9.23 Å². The van der Waals surface area contributed by atoms with Gasteiger partial charge in [-0.25, -0.2) is 0 Å². The Balaban J connectivity index is 2.18. The molecule has 2 aromatic carbocycles. The first kappa shape index (κ1) is 11.6. The van der Waals surface area contributed by atoms with Crippen molar-refractivity contribution in [3.8, 4) is 18.1 Å². The van der Waals surface area contributed by atoms with Gasteiger partial charge in [0, 0.05) is 10.6 Å². The Morgan fingerprint density at radius 3 is 2.24 bits per heavy atom. The highest BCUT2D eigenvalue weighted by molar-refractivity contribution is 6.30. The zero-order valence-corrected chi connectivity index (χ0v) is 9.89. The van der Waals surface area contributed by atoms with Gasteiger partial charge in [-0.1, -0.05) is 47.9 Å². The van der Waals surface area contributed by atoms with Gasteiger partial charge in [0.15, 0.2) is 6.10 Å². The molecule has 0 radical (unpaired) electrons. The minimum absolute atomic E-state index is 0.394. The summed E-state index contributed by atoms with van der Waals surface area (Å²) in [5, 5.41) is 0.684. The van der Waals surface area contributed by atoms with Crippen molar-refractivity contribution in [1.29, 1.82) is 0 Å². The number of ether oxygens (including phenoxy) is 1. The Morgan fingerprint density at radius 2 is 1.65 bits per heavy atom. The normalized spacial score (nSPS) is 11.5. The van der Waals surface area contributed by atoms with Gasteiger partial charge in [-0.2, -0.15) is 0 Å². The van der Waals surface area contributed by atoms with Crippen molar-refractivity contribution in [3.05, 3.63) is 65.2 Å². The molecule has 2 rings (SSSR count). The molecule has 0 heterocycles. The fourth-order valence-electron chi connectivity index (χ4n) is 1.47. The summed E-state index contributed by atoms with van der Waals surface area (Å²) in [7, 11) is 0. The molecule has 2 aromatic rings. The Kier molecular flexibility index (Phi) is 3.69. The fraction of sp³-hybridized carbons (Fsp3) is 0.0667. The van der Waals surface area contributed by atoms with E-state index in [4.69, 9.17) is 22.8 Å². The molecule has 17 heavy (non-hydrogen) atoms. The molecular formula is C15H11ClO. The fourth-order valence-corrected chi connectivity index (χ4v) is 1.60. The minimum atomic E-state index is -0.394. The van der Waals surface area contributed by atoms with Crippen molar-refractivity contribution < 1.29 is 4.74 Å². The van der Waals surface area contributed by atoms with Crippen LogP contribution >= 0.6 is 11.6 Å². The van der Waals surface area contributed by atoms with Crippen LogP contribution in [0.1, 0.15) is 11.7 Å². The molecule has 0 spiro atoms. The molecule has 84 valence electrons. The van der Waals surface area contributed by atoms with Crippen LogP contribution in [-0.4, -0.2) is 0 Å². The molecular weight excluding hydrogens is 232 g/mol. The van der Waals surface area contributed by atoms with Crippen LogP contribution in [0.4, 0.5) is 0 Å². The van der Waals surface area contributed by atoms with E-state index in [0.29, 0.717) is 5.02 Å². The Labute approximate surface area is 106 Å². The second-order valence-electron chi connectivity index (χ2n) is 3.53. The minimum Gasteiger partial charge on any atom is -0.473 e. The molecule has 0 fully saturated rings. The highest BCUT2D eigenvalue weighted by Crippen LogP contribution is 2.22. The zero-order chi connectivity index (χ0) is 12.1. The van der Waals surface area contributed by atoms with Crippen molar-refractivity contribution in [3.63, 3.8) is 0 Å². The predicted molar refractivity (Wildman–Crippen MR) is 70.1 cm³/mol. The van der Waals surface area contributed by atoms with Gasteiger partial charge in [0.05, 0.1) is 0 Å². The first-order chi connectivity index (χ1) is 8.29. The van der Waals surface area contributed by atoms with Crippen LogP contribution in [0.5, 0.6) is 5.75 Å². The lowest BCUT2D eigenvalue weighted by Gasteiger charge is -2.14. The highest BCUT2D eigenvalue weighted by atomic mass is 35.5. The first-order valence-corrected chi connectivity index (χ1v) is 5.60.